The van der Waals surface area contributed by atoms with Crippen molar-refractivity contribution >= 4 is 0 Å². The Morgan fingerprint density at radius 1 is 1.29 bits per heavy atom. The van der Waals surface area contributed by atoms with Gasteiger partial charge in [0.05, 0.1) is 12.7 Å². The van der Waals surface area contributed by atoms with Crippen LogP contribution < -0.4 is 5.32 Å². The molecule has 0 aromatic carbocycles. The SMILES string of the molecule is CN1CCOC(CN2CC3CCCNC3C2)C1. The minimum atomic E-state index is 0.425. The molecule has 3 aliphatic rings. The second kappa shape index (κ2) is 5.22. The van der Waals surface area contributed by atoms with E-state index < -0.39 is 0 Å². The first-order valence-corrected chi connectivity index (χ1v) is 7.07. The molecule has 3 atom stereocenters. The standard InChI is InChI=1S/C13H25N3O/c1-15-5-6-17-12(8-15)9-16-7-11-3-2-4-14-13(11)10-16/h11-14H,2-10H2,1H3. The van der Waals surface area contributed by atoms with E-state index in [9.17, 15) is 0 Å². The van der Waals surface area contributed by atoms with Crippen LogP contribution in [0.25, 0.3) is 0 Å². The zero-order valence-electron chi connectivity index (χ0n) is 10.9. The predicted octanol–water partition coefficient (Wildman–Crippen LogP) is 0.000800. The molecule has 4 heteroatoms. The Bertz CT molecular complexity index is 247. The highest BCUT2D eigenvalue weighted by atomic mass is 16.5. The Balaban J connectivity index is 1.49. The van der Waals surface area contributed by atoms with Crippen molar-refractivity contribution in [1.82, 2.24) is 15.1 Å². The molecule has 0 amide bonds. The zero-order chi connectivity index (χ0) is 11.7. The fourth-order valence-electron chi connectivity index (χ4n) is 3.55. The van der Waals surface area contributed by atoms with Gasteiger partial charge < -0.3 is 15.0 Å². The second-order valence-corrected chi connectivity index (χ2v) is 5.94. The molecule has 3 rings (SSSR count). The van der Waals surface area contributed by atoms with E-state index in [2.05, 4.69) is 22.2 Å². The smallest absolute Gasteiger partial charge is 0.0829 e. The van der Waals surface area contributed by atoms with Gasteiger partial charge in [0.1, 0.15) is 0 Å². The van der Waals surface area contributed by atoms with Crippen LogP contribution in [0.4, 0.5) is 0 Å². The van der Waals surface area contributed by atoms with Crippen LogP contribution in [-0.2, 0) is 4.74 Å². The topological polar surface area (TPSA) is 27.7 Å². The monoisotopic (exact) mass is 239 g/mol. The molecule has 3 saturated heterocycles. The molecule has 0 radical (unpaired) electrons. The molecule has 4 nitrogen and oxygen atoms in total. The minimum absolute atomic E-state index is 0.425. The zero-order valence-corrected chi connectivity index (χ0v) is 10.9. The summed E-state index contributed by atoms with van der Waals surface area (Å²) in [5, 5.41) is 3.66. The van der Waals surface area contributed by atoms with Crippen LogP contribution in [0.3, 0.4) is 0 Å². The molecule has 0 bridgehead atoms. The molecule has 3 heterocycles. The van der Waals surface area contributed by atoms with Gasteiger partial charge in [-0.2, -0.15) is 0 Å². The van der Waals surface area contributed by atoms with Crippen LogP contribution in [0.1, 0.15) is 12.8 Å². The number of nitrogens with one attached hydrogen (secondary N) is 1. The molecular weight excluding hydrogens is 214 g/mol. The number of ether oxygens (including phenoxy) is 1. The maximum Gasteiger partial charge on any atom is 0.0829 e. The number of hydrogen-bond acceptors (Lipinski definition) is 4. The summed E-state index contributed by atoms with van der Waals surface area (Å²) >= 11 is 0. The summed E-state index contributed by atoms with van der Waals surface area (Å²) in [6.07, 6.45) is 3.20. The fraction of sp³-hybridized carbons (Fsp3) is 1.00. The molecule has 98 valence electrons. The predicted molar refractivity (Wildman–Crippen MR) is 68.2 cm³/mol. The first-order chi connectivity index (χ1) is 8.31. The molecule has 3 unspecified atom stereocenters. The van der Waals surface area contributed by atoms with Crippen molar-refractivity contribution in [3.05, 3.63) is 0 Å². The Morgan fingerprint density at radius 3 is 3.06 bits per heavy atom. The average molecular weight is 239 g/mol. The number of nitrogens with zero attached hydrogens (tertiary/aromatic N) is 2. The first-order valence-electron chi connectivity index (χ1n) is 7.07. The van der Waals surface area contributed by atoms with Crippen molar-refractivity contribution in [3.8, 4) is 0 Å². The van der Waals surface area contributed by atoms with Crippen molar-refractivity contribution in [1.29, 1.82) is 0 Å². The maximum atomic E-state index is 5.86. The van der Waals surface area contributed by atoms with Gasteiger partial charge in [-0.1, -0.05) is 0 Å². The highest BCUT2D eigenvalue weighted by Gasteiger charge is 2.35. The lowest BCUT2D eigenvalue weighted by Crippen LogP contribution is -2.46. The number of likely N-dealkylation sites (tertiary alicyclic amines) is 1. The normalized spacial score (nSPS) is 40.4. The molecule has 0 aliphatic carbocycles. The van der Waals surface area contributed by atoms with Gasteiger partial charge in [-0.05, 0) is 32.4 Å². The van der Waals surface area contributed by atoms with Crippen molar-refractivity contribution in [2.75, 3.05) is 52.9 Å². The number of rotatable bonds is 2. The van der Waals surface area contributed by atoms with Gasteiger partial charge in [0.15, 0.2) is 0 Å². The Hall–Kier alpha value is -0.160. The summed E-state index contributed by atoms with van der Waals surface area (Å²) in [6, 6.07) is 0.755. The largest absolute Gasteiger partial charge is 0.374 e. The molecule has 0 saturated carbocycles. The van der Waals surface area contributed by atoms with Gasteiger partial charge in [0, 0.05) is 38.8 Å². The average Bonchev–Trinajstić information content (AvgIpc) is 2.71. The van der Waals surface area contributed by atoms with Crippen molar-refractivity contribution in [2.24, 2.45) is 5.92 Å². The lowest BCUT2D eigenvalue weighted by atomic mass is 9.94. The van der Waals surface area contributed by atoms with Gasteiger partial charge in [-0.3, -0.25) is 4.90 Å². The molecule has 17 heavy (non-hydrogen) atoms. The van der Waals surface area contributed by atoms with Gasteiger partial charge in [0.2, 0.25) is 0 Å². The fourth-order valence-corrected chi connectivity index (χ4v) is 3.55. The number of likely N-dealkylation sites (N-methyl/N-ethyl adjacent to an activating group) is 1. The maximum absolute atomic E-state index is 5.86. The third-order valence-electron chi connectivity index (χ3n) is 4.48. The highest BCUT2D eigenvalue weighted by molar-refractivity contribution is 4.92. The first kappa shape index (κ1) is 11.9. The Morgan fingerprint density at radius 2 is 2.24 bits per heavy atom. The molecule has 0 spiro atoms. The summed E-state index contributed by atoms with van der Waals surface area (Å²) in [7, 11) is 2.20. The third-order valence-corrected chi connectivity index (χ3v) is 4.48. The Kier molecular flexibility index (Phi) is 3.66. The van der Waals surface area contributed by atoms with Crippen LogP contribution in [0.5, 0.6) is 0 Å². The summed E-state index contributed by atoms with van der Waals surface area (Å²) < 4.78 is 5.86. The van der Waals surface area contributed by atoms with E-state index >= 15 is 0 Å². The highest BCUT2D eigenvalue weighted by Crippen LogP contribution is 2.25. The van der Waals surface area contributed by atoms with Gasteiger partial charge >= 0.3 is 0 Å². The van der Waals surface area contributed by atoms with Gasteiger partial charge in [-0.15, -0.1) is 0 Å². The van der Waals surface area contributed by atoms with Crippen LogP contribution in [-0.4, -0.2) is 74.9 Å². The molecular formula is C13H25N3O. The summed E-state index contributed by atoms with van der Waals surface area (Å²) in [5.41, 5.74) is 0. The minimum Gasteiger partial charge on any atom is -0.374 e. The van der Waals surface area contributed by atoms with E-state index in [0.29, 0.717) is 6.10 Å². The number of morpholine rings is 1. The molecule has 0 aromatic heterocycles. The van der Waals surface area contributed by atoms with Crippen LogP contribution >= 0.6 is 0 Å². The quantitative estimate of drug-likeness (QED) is 0.734. The van der Waals surface area contributed by atoms with Gasteiger partial charge in [-0.25, -0.2) is 0 Å². The third kappa shape index (κ3) is 2.81. The van der Waals surface area contributed by atoms with E-state index in [-0.39, 0.29) is 0 Å². The van der Waals surface area contributed by atoms with Crippen molar-refractivity contribution < 1.29 is 4.74 Å². The van der Waals surface area contributed by atoms with Crippen molar-refractivity contribution in [2.45, 2.75) is 25.0 Å². The molecule has 0 aromatic rings. The van der Waals surface area contributed by atoms with Gasteiger partial charge in [0.25, 0.3) is 0 Å². The van der Waals surface area contributed by atoms with Crippen LogP contribution in [0.15, 0.2) is 0 Å². The number of fused-ring (bicyclic) bond motifs is 1. The number of piperidine rings is 1. The molecule has 1 N–H and O–H groups in total. The molecule has 3 fully saturated rings. The molecule has 3 aliphatic heterocycles. The van der Waals surface area contributed by atoms with Crippen molar-refractivity contribution in [3.63, 3.8) is 0 Å². The van der Waals surface area contributed by atoms with E-state index in [0.717, 1.165) is 38.2 Å². The second-order valence-electron chi connectivity index (χ2n) is 5.94. The summed E-state index contributed by atoms with van der Waals surface area (Å²) in [4.78, 5) is 4.99. The van der Waals surface area contributed by atoms with E-state index in [4.69, 9.17) is 4.74 Å². The summed E-state index contributed by atoms with van der Waals surface area (Å²) in [6.45, 7) is 7.94. The summed E-state index contributed by atoms with van der Waals surface area (Å²) in [5.74, 6) is 0.894. The van der Waals surface area contributed by atoms with E-state index in [1.165, 1.54) is 32.5 Å². The van der Waals surface area contributed by atoms with E-state index in [1.54, 1.807) is 0 Å². The Labute approximate surface area is 104 Å². The lowest BCUT2D eigenvalue weighted by molar-refractivity contribution is -0.0332. The van der Waals surface area contributed by atoms with Crippen LogP contribution in [0.2, 0.25) is 0 Å². The lowest BCUT2D eigenvalue weighted by Gasteiger charge is -2.32. The van der Waals surface area contributed by atoms with Crippen LogP contribution in [0, 0.1) is 5.92 Å². The number of hydrogen-bond donors (Lipinski definition) is 1. The van der Waals surface area contributed by atoms with E-state index in [1.807, 2.05) is 0 Å².